The van der Waals surface area contributed by atoms with Crippen LogP contribution in [0, 0.1) is 0 Å². The van der Waals surface area contributed by atoms with Crippen LogP contribution in [0.2, 0.25) is 0 Å². The zero-order valence-electron chi connectivity index (χ0n) is 3.41. The molecule has 5 heteroatoms. The van der Waals surface area contributed by atoms with Gasteiger partial charge in [0.15, 0.2) is 15.6 Å². The van der Waals surface area contributed by atoms with E-state index in [0.717, 1.165) is 0 Å². The van der Waals surface area contributed by atoms with Crippen LogP contribution in [-0.4, -0.2) is 36.0 Å². The first-order valence-corrected chi connectivity index (χ1v) is 15.2. The Morgan fingerprint density at radius 2 is 1.40 bits per heavy atom. The molecule has 0 radical (unpaired) electrons. The molecule has 0 aromatic rings. The molecule has 32 valence electrons. The third kappa shape index (κ3) is 21.9. The summed E-state index contributed by atoms with van der Waals surface area (Å²) in [5.41, 5.74) is 0. The first kappa shape index (κ1) is 10.3. The number of rotatable bonds is 0. The molecule has 0 fully saturated rings. The van der Waals surface area contributed by atoms with Crippen LogP contribution in [0.25, 0.3) is 0 Å². The van der Waals surface area contributed by atoms with Crippen molar-refractivity contribution in [1.82, 2.24) is 0 Å². The summed E-state index contributed by atoms with van der Waals surface area (Å²) in [6.45, 7) is 0. The van der Waals surface area contributed by atoms with E-state index in [1.54, 1.807) is 0 Å². The maximum atomic E-state index is 3.51. The van der Waals surface area contributed by atoms with E-state index < -0.39 is 0 Å². The van der Waals surface area contributed by atoms with Gasteiger partial charge in [-0.15, -0.1) is 0 Å². The molecule has 0 N–H and O–H groups in total. The summed E-state index contributed by atoms with van der Waals surface area (Å²) in [6.07, 6.45) is 0. The Morgan fingerprint density at radius 3 is 1.40 bits per heavy atom. The van der Waals surface area contributed by atoms with E-state index in [4.69, 9.17) is 0 Å². The molecule has 0 aromatic carbocycles. The molecule has 0 amide bonds. The van der Waals surface area contributed by atoms with Crippen molar-refractivity contribution in [3.05, 3.63) is 0 Å². The van der Waals surface area contributed by atoms with Crippen LogP contribution in [0.5, 0.6) is 0 Å². The third-order valence-electron chi connectivity index (χ3n) is 0. The summed E-state index contributed by atoms with van der Waals surface area (Å²) in [7, 11) is 1.44. The Bertz CT molecular complexity index is 7.61. The molecule has 0 nitrogen and oxygen atoms in total. The van der Waals surface area contributed by atoms with Gasteiger partial charge in [0, 0.05) is 0 Å². The predicted molar refractivity (Wildman–Crippen MR) is 25.6 cm³/mol. The Balaban J connectivity index is 0. The Labute approximate surface area is 63.5 Å². The fourth-order valence-electron chi connectivity index (χ4n) is 0. The second-order valence-corrected chi connectivity index (χ2v) is 4.51. The van der Waals surface area contributed by atoms with Crippen molar-refractivity contribution in [3.63, 3.8) is 0 Å². The molecule has 0 saturated carbocycles. The van der Waals surface area contributed by atoms with Gasteiger partial charge in [0.25, 0.3) is 0 Å². The van der Waals surface area contributed by atoms with E-state index in [2.05, 4.69) is 28.3 Å². The molecule has 0 saturated heterocycles. The zero-order valence-corrected chi connectivity index (χ0v) is 11.0. The predicted octanol–water partition coefficient (Wildman–Crippen LogP) is -2.75. The van der Waals surface area contributed by atoms with Gasteiger partial charge < -0.3 is 0 Å². The Morgan fingerprint density at radius 1 is 1.40 bits per heavy atom. The molecule has 0 unspecified atom stereocenters. The normalized spacial score (nSPS) is 4.40. The van der Waals surface area contributed by atoms with Gasteiger partial charge in [-0.2, -0.15) is 0 Å². The third-order valence-corrected chi connectivity index (χ3v) is 0. The molecule has 0 aliphatic carbocycles. The second kappa shape index (κ2) is 16.2. The van der Waals surface area contributed by atoms with Crippen LogP contribution in [0.15, 0.2) is 0 Å². The van der Waals surface area contributed by atoms with Crippen molar-refractivity contribution in [1.29, 1.82) is 0 Å². The monoisotopic (exact) mass is 200 g/mol. The summed E-state index contributed by atoms with van der Waals surface area (Å²) in [5, 5.41) is 0. The minimum absolute atomic E-state index is 0.0833. The zero-order chi connectivity index (χ0) is 4.71. The van der Waals surface area contributed by atoms with Crippen molar-refractivity contribution in [2.24, 2.45) is 0 Å². The van der Waals surface area contributed by atoms with Gasteiger partial charge in [-0.3, -0.25) is 0 Å². The van der Waals surface area contributed by atoms with Crippen molar-refractivity contribution in [2.45, 2.75) is 0 Å². The van der Waals surface area contributed by atoms with Crippen molar-refractivity contribution >= 4 is 36.0 Å². The summed E-state index contributed by atoms with van der Waals surface area (Å²) < 4.78 is 0. The molecule has 0 aliphatic heterocycles. The fourth-order valence-corrected chi connectivity index (χ4v) is 0. The quantitative estimate of drug-likeness (QED) is 0.371. The average molecular weight is 200 g/mol. The summed E-state index contributed by atoms with van der Waals surface area (Å²) in [6, 6.07) is 0. The number of hydrogen-bond donors (Lipinski definition) is 0. The van der Waals surface area contributed by atoms with Crippen molar-refractivity contribution in [3.8, 4) is 0 Å². The van der Waals surface area contributed by atoms with Gasteiger partial charge in [0.2, 0.25) is 0 Å². The average Bonchev–Trinajstić information content (AvgIpc) is 1.46. The van der Waals surface area contributed by atoms with Crippen molar-refractivity contribution < 1.29 is 28.3 Å². The van der Waals surface area contributed by atoms with Gasteiger partial charge >= 0.3 is 39.8 Å². The van der Waals surface area contributed by atoms with E-state index in [9.17, 15) is 0 Å². The molecular weight excluding hydrogens is 194 g/mol. The molecule has 0 rings (SSSR count). The molecule has 0 aliphatic rings. The van der Waals surface area contributed by atoms with E-state index in [1.165, 1.54) is 24.4 Å². The Kier molecular flexibility index (Phi) is 33.5. The van der Waals surface area contributed by atoms with Gasteiger partial charge in [0.1, 0.15) is 0 Å². The first-order chi connectivity index (χ1) is 2.41. The Hall–Kier alpha value is 2.32. The maximum absolute atomic E-state index is 3.51. The van der Waals surface area contributed by atoms with Crippen LogP contribution in [-0.2, 0) is 28.3 Å². The van der Waals surface area contributed by atoms with Crippen LogP contribution < -0.4 is 0 Å². The van der Waals surface area contributed by atoms with Crippen molar-refractivity contribution in [2.75, 3.05) is 0 Å². The van der Waals surface area contributed by atoms with Gasteiger partial charge in [-0.05, 0) is 0 Å². The standard InChI is InChI=1S/2Al.2Fe.H3Si.3H/h;;;;1H3;;;. The molecule has 0 atom stereocenters. The molecule has 0 heterocycles. The molecule has 0 aromatic heterocycles. The second-order valence-electron chi connectivity index (χ2n) is 0.0884. The minimum atomic E-state index is -0.0833. The SMILES string of the molecule is [AlH2][SiH3].[Fe][AlH][Fe]. The van der Waals surface area contributed by atoms with E-state index >= 15 is 0 Å². The van der Waals surface area contributed by atoms with Crippen LogP contribution >= 0.6 is 0 Å². The van der Waals surface area contributed by atoms with Gasteiger partial charge in [-0.1, -0.05) is 8.80 Å². The number of hydrogen-bond acceptors (Lipinski definition) is 0. The molecule has 5 heavy (non-hydrogen) atoms. The van der Waals surface area contributed by atoms with Gasteiger partial charge in [-0.25, -0.2) is 0 Å². The molecular formula is H6Al2Fe2Si. The van der Waals surface area contributed by atoms with Crippen LogP contribution in [0.4, 0.5) is 0 Å². The summed E-state index contributed by atoms with van der Waals surface area (Å²) in [5.74, 6) is 0. The van der Waals surface area contributed by atoms with Gasteiger partial charge in [0.05, 0.1) is 0 Å². The summed E-state index contributed by atoms with van der Waals surface area (Å²) in [4.78, 5) is 0. The van der Waals surface area contributed by atoms with E-state index in [1.807, 2.05) is 0 Å². The fraction of sp³-hybridized carbons (Fsp3) is 0. The molecule has 0 spiro atoms. The molecule has 0 bridgehead atoms. The van der Waals surface area contributed by atoms with E-state index in [0.29, 0.717) is 0 Å². The van der Waals surface area contributed by atoms with Crippen LogP contribution in [0.3, 0.4) is 0 Å². The summed E-state index contributed by atoms with van der Waals surface area (Å²) >= 11 is 8.39. The first-order valence-electron chi connectivity index (χ1n) is 1.50. The van der Waals surface area contributed by atoms with E-state index in [-0.39, 0.29) is 11.5 Å². The topological polar surface area (TPSA) is 0 Å². The van der Waals surface area contributed by atoms with Crippen LogP contribution in [0.1, 0.15) is 0 Å².